The molecule has 0 unspecified atom stereocenters. The molecule has 2 aromatic heterocycles. The van der Waals surface area contributed by atoms with Crippen molar-refractivity contribution < 1.29 is 4.79 Å². The summed E-state index contributed by atoms with van der Waals surface area (Å²) in [5.74, 6) is 1.22. The van der Waals surface area contributed by atoms with Crippen LogP contribution in [0, 0.1) is 0 Å². The maximum Gasteiger partial charge on any atom is 0.233 e. The summed E-state index contributed by atoms with van der Waals surface area (Å²) >= 11 is 1.38. The Morgan fingerprint density at radius 1 is 1.30 bits per heavy atom. The van der Waals surface area contributed by atoms with Crippen molar-refractivity contribution in [1.82, 2.24) is 25.1 Å². The molecule has 0 radical (unpaired) electrons. The molecule has 2 aromatic rings. The summed E-state index contributed by atoms with van der Waals surface area (Å²) in [5, 5.41) is 7.68. The van der Waals surface area contributed by atoms with Crippen LogP contribution in [0.1, 0.15) is 32.1 Å². The monoisotopic (exact) mass is 331 g/mol. The van der Waals surface area contributed by atoms with Crippen LogP contribution in [0.25, 0.3) is 11.4 Å². The minimum Gasteiger partial charge on any atom is -0.342 e. The van der Waals surface area contributed by atoms with Crippen molar-refractivity contribution in [3.05, 3.63) is 24.5 Å². The molecule has 1 fully saturated rings. The van der Waals surface area contributed by atoms with E-state index in [1.54, 1.807) is 12.4 Å². The number of carbonyl (C=O) groups is 1. The Hall–Kier alpha value is -1.89. The number of nitrogens with one attached hydrogen (secondary N) is 1. The SMILES string of the molecule is CN(C(=O)CSc1n[nH]c(-c2ccncc2)n1)C1CCCCC1. The van der Waals surface area contributed by atoms with Crippen molar-refractivity contribution in [2.75, 3.05) is 12.8 Å². The van der Waals surface area contributed by atoms with Crippen molar-refractivity contribution >= 4 is 17.7 Å². The third-order valence-electron chi connectivity index (χ3n) is 4.26. The van der Waals surface area contributed by atoms with Gasteiger partial charge in [-0.15, -0.1) is 5.10 Å². The highest BCUT2D eigenvalue weighted by molar-refractivity contribution is 7.99. The molecule has 1 saturated carbocycles. The number of thioether (sulfide) groups is 1. The molecule has 1 aliphatic rings. The first kappa shape index (κ1) is 16.0. The zero-order chi connectivity index (χ0) is 16.1. The second-order valence-corrected chi connectivity index (χ2v) is 6.73. The first-order valence-corrected chi connectivity index (χ1v) is 8.94. The largest absolute Gasteiger partial charge is 0.342 e. The molecule has 0 saturated heterocycles. The van der Waals surface area contributed by atoms with Gasteiger partial charge in [-0.1, -0.05) is 31.0 Å². The lowest BCUT2D eigenvalue weighted by Crippen LogP contribution is -2.39. The molecule has 1 aliphatic carbocycles. The van der Waals surface area contributed by atoms with Gasteiger partial charge < -0.3 is 4.90 Å². The third-order valence-corrected chi connectivity index (χ3v) is 5.09. The highest BCUT2D eigenvalue weighted by Crippen LogP contribution is 2.23. The third kappa shape index (κ3) is 4.10. The molecule has 2 heterocycles. The zero-order valence-electron chi connectivity index (χ0n) is 13.2. The smallest absolute Gasteiger partial charge is 0.233 e. The Kier molecular flexibility index (Phi) is 5.27. The highest BCUT2D eigenvalue weighted by atomic mass is 32.2. The lowest BCUT2D eigenvalue weighted by molar-refractivity contribution is -0.129. The van der Waals surface area contributed by atoms with Gasteiger partial charge in [0.25, 0.3) is 0 Å². The van der Waals surface area contributed by atoms with Crippen LogP contribution >= 0.6 is 11.8 Å². The Morgan fingerprint density at radius 2 is 2.04 bits per heavy atom. The standard InChI is InChI=1S/C16H21N5OS/c1-21(13-5-3-2-4-6-13)14(22)11-23-16-18-15(19-20-16)12-7-9-17-10-8-12/h7-10,13H,2-6,11H2,1H3,(H,18,19,20). The summed E-state index contributed by atoms with van der Waals surface area (Å²) in [5.41, 5.74) is 0.935. The van der Waals surface area contributed by atoms with Gasteiger partial charge in [-0.25, -0.2) is 4.98 Å². The molecular formula is C16H21N5OS. The molecule has 1 amide bonds. The van der Waals surface area contributed by atoms with Gasteiger partial charge >= 0.3 is 0 Å². The predicted molar refractivity (Wildman–Crippen MR) is 90.0 cm³/mol. The van der Waals surface area contributed by atoms with E-state index in [4.69, 9.17) is 0 Å². The van der Waals surface area contributed by atoms with Crippen molar-refractivity contribution in [2.45, 2.75) is 43.3 Å². The summed E-state index contributed by atoms with van der Waals surface area (Å²) in [6, 6.07) is 4.14. The van der Waals surface area contributed by atoms with Crippen molar-refractivity contribution in [3.8, 4) is 11.4 Å². The maximum atomic E-state index is 12.3. The molecule has 1 N–H and O–H groups in total. The van der Waals surface area contributed by atoms with Crippen LogP contribution in [0.2, 0.25) is 0 Å². The van der Waals surface area contributed by atoms with Gasteiger partial charge in [0.2, 0.25) is 11.1 Å². The molecule has 0 atom stereocenters. The number of aromatic nitrogens is 4. The van der Waals surface area contributed by atoms with Gasteiger partial charge in [0.15, 0.2) is 5.82 Å². The second-order valence-electron chi connectivity index (χ2n) is 5.79. The number of pyridine rings is 1. The molecule has 0 aliphatic heterocycles. The fourth-order valence-corrected chi connectivity index (χ4v) is 3.57. The molecule has 7 heteroatoms. The van der Waals surface area contributed by atoms with Crippen molar-refractivity contribution in [2.24, 2.45) is 0 Å². The summed E-state index contributed by atoms with van der Waals surface area (Å²) in [6.45, 7) is 0. The Balaban J connectivity index is 1.54. The minimum atomic E-state index is 0.150. The van der Waals surface area contributed by atoms with E-state index >= 15 is 0 Å². The number of carbonyl (C=O) groups excluding carboxylic acids is 1. The van der Waals surface area contributed by atoms with E-state index in [0.29, 0.717) is 22.8 Å². The lowest BCUT2D eigenvalue weighted by atomic mass is 9.94. The highest BCUT2D eigenvalue weighted by Gasteiger charge is 2.22. The lowest BCUT2D eigenvalue weighted by Gasteiger charge is -2.31. The summed E-state index contributed by atoms with van der Waals surface area (Å²) in [6.07, 6.45) is 9.43. The Labute approximate surface area is 140 Å². The number of H-pyrrole nitrogens is 1. The van der Waals surface area contributed by atoms with E-state index in [2.05, 4.69) is 20.2 Å². The predicted octanol–water partition coefficient (Wildman–Crippen LogP) is 2.75. The van der Waals surface area contributed by atoms with Crippen LogP contribution in [0.5, 0.6) is 0 Å². The van der Waals surface area contributed by atoms with Crippen molar-refractivity contribution in [3.63, 3.8) is 0 Å². The fraction of sp³-hybridized carbons (Fsp3) is 0.500. The topological polar surface area (TPSA) is 74.8 Å². The van der Waals surface area contributed by atoms with Crippen LogP contribution in [0.4, 0.5) is 0 Å². The van der Waals surface area contributed by atoms with Gasteiger partial charge in [0.05, 0.1) is 5.75 Å². The first-order chi connectivity index (χ1) is 11.2. The van der Waals surface area contributed by atoms with Gasteiger partial charge in [-0.3, -0.25) is 14.9 Å². The molecule has 0 spiro atoms. The van der Waals surface area contributed by atoms with E-state index in [9.17, 15) is 4.79 Å². The molecule has 122 valence electrons. The molecule has 6 nitrogen and oxygen atoms in total. The number of nitrogens with zero attached hydrogens (tertiary/aromatic N) is 4. The average Bonchev–Trinajstić information content (AvgIpc) is 3.09. The van der Waals surface area contributed by atoms with Crippen LogP contribution in [-0.2, 0) is 4.79 Å². The van der Waals surface area contributed by atoms with Crippen LogP contribution in [0.3, 0.4) is 0 Å². The zero-order valence-corrected chi connectivity index (χ0v) is 14.1. The number of aromatic amines is 1. The van der Waals surface area contributed by atoms with Crippen LogP contribution < -0.4 is 0 Å². The normalized spacial score (nSPS) is 15.5. The van der Waals surface area contributed by atoms with Crippen molar-refractivity contribution in [1.29, 1.82) is 0 Å². The fourth-order valence-electron chi connectivity index (χ4n) is 2.85. The van der Waals surface area contributed by atoms with Crippen LogP contribution in [0.15, 0.2) is 29.7 Å². The van der Waals surface area contributed by atoms with Crippen LogP contribution in [-0.4, -0.2) is 49.8 Å². The van der Waals surface area contributed by atoms with E-state index < -0.39 is 0 Å². The molecule has 0 aromatic carbocycles. The number of amides is 1. The Bertz CT molecular complexity index is 639. The molecule has 3 rings (SSSR count). The van der Waals surface area contributed by atoms with Gasteiger partial charge in [-0.2, -0.15) is 0 Å². The number of hydrogen-bond acceptors (Lipinski definition) is 5. The van der Waals surface area contributed by atoms with Gasteiger partial charge in [-0.05, 0) is 25.0 Å². The second kappa shape index (κ2) is 7.59. The number of rotatable bonds is 5. The van der Waals surface area contributed by atoms with E-state index in [1.165, 1.54) is 31.0 Å². The average molecular weight is 331 g/mol. The van der Waals surface area contributed by atoms with E-state index in [1.807, 2.05) is 24.1 Å². The first-order valence-electron chi connectivity index (χ1n) is 7.95. The van der Waals surface area contributed by atoms with E-state index in [0.717, 1.165) is 18.4 Å². The number of hydrogen-bond donors (Lipinski definition) is 1. The summed E-state index contributed by atoms with van der Waals surface area (Å²) < 4.78 is 0. The molecule has 23 heavy (non-hydrogen) atoms. The molecule has 0 bridgehead atoms. The summed E-state index contributed by atoms with van der Waals surface area (Å²) in [4.78, 5) is 22.6. The Morgan fingerprint density at radius 3 is 2.78 bits per heavy atom. The molecular weight excluding hydrogens is 310 g/mol. The van der Waals surface area contributed by atoms with Gasteiger partial charge in [0, 0.05) is 31.0 Å². The summed E-state index contributed by atoms with van der Waals surface area (Å²) in [7, 11) is 1.92. The van der Waals surface area contributed by atoms with E-state index in [-0.39, 0.29) is 5.91 Å². The minimum absolute atomic E-state index is 0.150. The van der Waals surface area contributed by atoms with Gasteiger partial charge in [0.1, 0.15) is 0 Å². The maximum absolute atomic E-state index is 12.3. The quantitative estimate of drug-likeness (QED) is 0.853.